The maximum Gasteiger partial charge on any atom is 0.236 e. The number of amides is 2. The number of hydrogen-bond acceptors (Lipinski definition) is 3. The molecule has 15 heavy (non-hydrogen) atoms. The molecule has 2 N–H and O–H groups in total. The van der Waals surface area contributed by atoms with Crippen LogP contribution in [-0.4, -0.2) is 28.8 Å². The molecule has 0 aromatic rings. The third-order valence-electron chi connectivity index (χ3n) is 3.91. The smallest absolute Gasteiger partial charge is 0.236 e. The second-order valence-corrected chi connectivity index (χ2v) is 5.28. The number of carbonyl (C=O) groups is 2. The van der Waals surface area contributed by atoms with Crippen molar-refractivity contribution in [2.75, 3.05) is 0 Å². The number of nitrogens with zero attached hydrogens (tertiary/aromatic N) is 1. The third-order valence-corrected chi connectivity index (χ3v) is 3.91. The van der Waals surface area contributed by atoms with Gasteiger partial charge in [0.2, 0.25) is 11.8 Å². The number of carbonyl (C=O) groups excluding carboxylic acids is 2. The minimum absolute atomic E-state index is 0.00686. The maximum atomic E-state index is 12.2. The van der Waals surface area contributed by atoms with Crippen molar-refractivity contribution < 1.29 is 9.59 Å². The molecule has 0 bridgehead atoms. The highest BCUT2D eigenvalue weighted by molar-refractivity contribution is 6.06. The predicted molar refractivity (Wildman–Crippen MR) is 55.8 cm³/mol. The Morgan fingerprint density at radius 3 is 2.33 bits per heavy atom. The average molecular weight is 210 g/mol. The van der Waals surface area contributed by atoms with Crippen LogP contribution in [0.4, 0.5) is 0 Å². The molecule has 0 spiro atoms. The normalized spacial score (nSPS) is 40.5. The summed E-state index contributed by atoms with van der Waals surface area (Å²) in [6.45, 7) is 5.86. The van der Waals surface area contributed by atoms with Crippen LogP contribution in [0.25, 0.3) is 0 Å². The molecule has 0 aromatic heterocycles. The van der Waals surface area contributed by atoms with Gasteiger partial charge in [0, 0.05) is 12.5 Å². The van der Waals surface area contributed by atoms with E-state index in [1.165, 1.54) is 4.90 Å². The quantitative estimate of drug-likeness (QED) is 0.675. The van der Waals surface area contributed by atoms with Gasteiger partial charge in [-0.3, -0.25) is 14.5 Å². The lowest BCUT2D eigenvalue weighted by Crippen LogP contribution is -2.40. The number of likely N-dealkylation sites (tertiary alicyclic amines) is 1. The molecule has 1 heterocycles. The highest BCUT2D eigenvalue weighted by Crippen LogP contribution is 2.43. The lowest BCUT2D eigenvalue weighted by Gasteiger charge is -2.26. The van der Waals surface area contributed by atoms with Crippen LogP contribution in [-0.2, 0) is 9.59 Å². The van der Waals surface area contributed by atoms with E-state index in [1.807, 2.05) is 20.8 Å². The molecule has 3 atom stereocenters. The van der Waals surface area contributed by atoms with E-state index in [9.17, 15) is 9.59 Å². The van der Waals surface area contributed by atoms with E-state index in [-0.39, 0.29) is 29.8 Å². The summed E-state index contributed by atoms with van der Waals surface area (Å²) in [6, 6.07) is -0.0158. The SMILES string of the molecule is CC(C)C1(C)CC(=O)N(C2CC2N)C1=O. The number of hydrogen-bond donors (Lipinski definition) is 1. The highest BCUT2D eigenvalue weighted by atomic mass is 16.2. The van der Waals surface area contributed by atoms with Crippen LogP contribution in [0.15, 0.2) is 0 Å². The fourth-order valence-corrected chi connectivity index (χ4v) is 2.15. The van der Waals surface area contributed by atoms with Crippen molar-refractivity contribution in [1.29, 1.82) is 0 Å². The van der Waals surface area contributed by atoms with Crippen molar-refractivity contribution >= 4 is 11.8 Å². The van der Waals surface area contributed by atoms with Gasteiger partial charge in [-0.15, -0.1) is 0 Å². The summed E-state index contributed by atoms with van der Waals surface area (Å²) >= 11 is 0. The van der Waals surface area contributed by atoms with E-state index in [4.69, 9.17) is 5.73 Å². The van der Waals surface area contributed by atoms with Crippen molar-refractivity contribution in [2.45, 2.75) is 45.7 Å². The maximum absolute atomic E-state index is 12.2. The second kappa shape index (κ2) is 3.04. The summed E-state index contributed by atoms with van der Waals surface area (Å²) < 4.78 is 0. The van der Waals surface area contributed by atoms with Gasteiger partial charge in [0.05, 0.1) is 11.5 Å². The van der Waals surface area contributed by atoms with Gasteiger partial charge >= 0.3 is 0 Å². The van der Waals surface area contributed by atoms with Crippen LogP contribution in [0.3, 0.4) is 0 Å². The van der Waals surface area contributed by atoms with Gasteiger partial charge in [-0.1, -0.05) is 13.8 Å². The van der Waals surface area contributed by atoms with Crippen molar-refractivity contribution in [2.24, 2.45) is 17.1 Å². The molecule has 84 valence electrons. The first-order valence-electron chi connectivity index (χ1n) is 5.50. The van der Waals surface area contributed by atoms with Crippen LogP contribution in [0.1, 0.15) is 33.6 Å². The van der Waals surface area contributed by atoms with E-state index in [0.29, 0.717) is 6.42 Å². The minimum Gasteiger partial charge on any atom is -0.326 e. The Balaban J connectivity index is 2.23. The summed E-state index contributed by atoms with van der Waals surface area (Å²) in [5.74, 6) is 0.114. The zero-order valence-corrected chi connectivity index (χ0v) is 9.49. The third kappa shape index (κ3) is 1.39. The molecule has 0 radical (unpaired) electrons. The molecule has 1 aliphatic carbocycles. The Bertz CT molecular complexity index is 327. The summed E-state index contributed by atoms with van der Waals surface area (Å²) in [4.78, 5) is 25.3. The molecule has 1 saturated carbocycles. The first-order valence-corrected chi connectivity index (χ1v) is 5.50. The van der Waals surface area contributed by atoms with Crippen LogP contribution < -0.4 is 5.73 Å². The Hall–Kier alpha value is -0.900. The summed E-state index contributed by atoms with van der Waals surface area (Å²) in [6.07, 6.45) is 1.11. The van der Waals surface area contributed by atoms with Crippen LogP contribution in [0, 0.1) is 11.3 Å². The summed E-state index contributed by atoms with van der Waals surface area (Å²) in [5.41, 5.74) is 5.17. The van der Waals surface area contributed by atoms with Gasteiger partial charge in [-0.2, -0.15) is 0 Å². The monoisotopic (exact) mass is 210 g/mol. The molecule has 4 heteroatoms. The topological polar surface area (TPSA) is 63.4 Å². The first kappa shape index (κ1) is 10.6. The van der Waals surface area contributed by atoms with Gasteiger partial charge in [0.25, 0.3) is 0 Å². The Morgan fingerprint density at radius 2 is 2.00 bits per heavy atom. The number of imide groups is 1. The fraction of sp³-hybridized carbons (Fsp3) is 0.818. The van der Waals surface area contributed by atoms with Crippen molar-refractivity contribution in [3.8, 4) is 0 Å². The van der Waals surface area contributed by atoms with Gasteiger partial charge in [-0.25, -0.2) is 0 Å². The van der Waals surface area contributed by atoms with Gasteiger partial charge in [0.1, 0.15) is 0 Å². The van der Waals surface area contributed by atoms with E-state index >= 15 is 0 Å². The Morgan fingerprint density at radius 1 is 1.47 bits per heavy atom. The molecule has 1 saturated heterocycles. The first-order chi connectivity index (χ1) is 6.88. The molecule has 0 aromatic carbocycles. The van der Waals surface area contributed by atoms with Crippen molar-refractivity contribution in [3.05, 3.63) is 0 Å². The summed E-state index contributed by atoms with van der Waals surface area (Å²) in [5, 5.41) is 0. The van der Waals surface area contributed by atoms with Gasteiger partial charge in [0.15, 0.2) is 0 Å². The van der Waals surface area contributed by atoms with Crippen molar-refractivity contribution in [3.63, 3.8) is 0 Å². The standard InChI is InChI=1S/C11H18N2O2/c1-6(2)11(3)5-9(14)13(10(11)15)8-4-7(8)12/h6-8H,4-5,12H2,1-3H3. The number of nitrogens with two attached hydrogens (primary N) is 1. The fourth-order valence-electron chi connectivity index (χ4n) is 2.15. The Labute approximate surface area is 89.8 Å². The van der Waals surface area contributed by atoms with Crippen LogP contribution in [0.2, 0.25) is 0 Å². The second-order valence-electron chi connectivity index (χ2n) is 5.28. The molecule has 4 nitrogen and oxygen atoms in total. The minimum atomic E-state index is -0.514. The molecule has 2 fully saturated rings. The number of rotatable bonds is 2. The molecular weight excluding hydrogens is 192 g/mol. The predicted octanol–water partition coefficient (Wildman–Crippen LogP) is 0.507. The molecule has 1 aliphatic heterocycles. The van der Waals surface area contributed by atoms with Crippen LogP contribution >= 0.6 is 0 Å². The van der Waals surface area contributed by atoms with E-state index in [1.54, 1.807) is 0 Å². The van der Waals surface area contributed by atoms with Gasteiger partial charge < -0.3 is 5.73 Å². The average Bonchev–Trinajstić information content (AvgIpc) is 2.76. The van der Waals surface area contributed by atoms with E-state index in [2.05, 4.69) is 0 Å². The molecule has 2 rings (SSSR count). The molecule has 2 amide bonds. The molecule has 2 aliphatic rings. The van der Waals surface area contributed by atoms with Gasteiger partial charge in [-0.05, 0) is 19.3 Å². The zero-order valence-electron chi connectivity index (χ0n) is 9.49. The summed E-state index contributed by atoms with van der Waals surface area (Å²) in [7, 11) is 0. The largest absolute Gasteiger partial charge is 0.326 e. The Kier molecular flexibility index (Phi) is 2.15. The lowest BCUT2D eigenvalue weighted by atomic mass is 9.78. The lowest BCUT2D eigenvalue weighted by molar-refractivity contribution is -0.142. The zero-order chi connectivity index (χ0) is 11.4. The van der Waals surface area contributed by atoms with Crippen molar-refractivity contribution in [1.82, 2.24) is 4.90 Å². The van der Waals surface area contributed by atoms with Crippen LogP contribution in [0.5, 0.6) is 0 Å². The highest BCUT2D eigenvalue weighted by Gasteiger charge is 2.56. The molecule has 3 unspecified atom stereocenters. The molecular formula is C11H18N2O2. The van der Waals surface area contributed by atoms with E-state index < -0.39 is 5.41 Å². The van der Waals surface area contributed by atoms with E-state index in [0.717, 1.165) is 6.42 Å².